The van der Waals surface area contributed by atoms with Crippen molar-refractivity contribution in [2.24, 2.45) is 11.8 Å². The highest BCUT2D eigenvalue weighted by Crippen LogP contribution is 2.51. The second-order valence-corrected chi connectivity index (χ2v) is 5.44. The molecule has 0 radical (unpaired) electrons. The minimum Gasteiger partial charge on any atom is -0.0952 e. The molecule has 0 saturated heterocycles. The maximum atomic E-state index is 4.29. The molecule has 0 saturated carbocycles. The molecule has 0 fully saturated rings. The van der Waals surface area contributed by atoms with E-state index in [1.807, 2.05) is 0 Å². The minimum absolute atomic E-state index is 0.552. The van der Waals surface area contributed by atoms with E-state index >= 15 is 0 Å². The molecule has 2 atom stereocenters. The average Bonchev–Trinajstić information content (AvgIpc) is 2.37. The third-order valence-corrected chi connectivity index (χ3v) is 4.52. The molecule has 0 bridgehead atoms. The Bertz CT molecular complexity index is 561. The largest absolute Gasteiger partial charge is 0.0952 e. The van der Waals surface area contributed by atoms with Gasteiger partial charge < -0.3 is 0 Å². The van der Waals surface area contributed by atoms with Crippen molar-refractivity contribution < 1.29 is 0 Å². The van der Waals surface area contributed by atoms with Crippen molar-refractivity contribution in [3.05, 3.63) is 70.9 Å². The summed E-state index contributed by atoms with van der Waals surface area (Å²) in [5, 5.41) is 0. The Morgan fingerprint density at radius 3 is 3.00 bits per heavy atom. The van der Waals surface area contributed by atoms with Crippen molar-refractivity contribution in [2.45, 2.75) is 19.3 Å². The lowest BCUT2D eigenvalue weighted by molar-refractivity contribution is 0.515. The van der Waals surface area contributed by atoms with Crippen molar-refractivity contribution in [3.8, 4) is 0 Å². The van der Waals surface area contributed by atoms with Gasteiger partial charge in [-0.1, -0.05) is 43.0 Å². The SMILES string of the molecule is C=C1C=C2C=CC=C3C=CC4=C(C1CCC4)C32. The Kier molecular flexibility index (Phi) is 1.80. The minimum atomic E-state index is 0.552. The third kappa shape index (κ3) is 1.18. The molecule has 17 heavy (non-hydrogen) atoms. The first-order chi connectivity index (χ1) is 8.34. The van der Waals surface area contributed by atoms with Gasteiger partial charge in [-0.2, -0.15) is 0 Å². The van der Waals surface area contributed by atoms with Gasteiger partial charge in [0.05, 0.1) is 0 Å². The van der Waals surface area contributed by atoms with Crippen LogP contribution in [0.2, 0.25) is 0 Å². The summed E-state index contributed by atoms with van der Waals surface area (Å²) in [4.78, 5) is 0. The summed E-state index contributed by atoms with van der Waals surface area (Å²) in [6.07, 6.45) is 17.6. The molecule has 2 unspecified atom stereocenters. The van der Waals surface area contributed by atoms with E-state index in [-0.39, 0.29) is 0 Å². The topological polar surface area (TPSA) is 0 Å². The van der Waals surface area contributed by atoms with Crippen molar-refractivity contribution in [3.63, 3.8) is 0 Å². The van der Waals surface area contributed by atoms with Gasteiger partial charge in [0.2, 0.25) is 0 Å². The zero-order valence-corrected chi connectivity index (χ0v) is 9.95. The fraction of sp³-hybridized carbons (Fsp3) is 0.294. The molecule has 84 valence electrons. The van der Waals surface area contributed by atoms with Crippen LogP contribution in [-0.2, 0) is 0 Å². The molecule has 4 aliphatic carbocycles. The summed E-state index contributed by atoms with van der Waals surface area (Å²) < 4.78 is 0. The van der Waals surface area contributed by atoms with Crippen molar-refractivity contribution in [1.29, 1.82) is 0 Å². The fourth-order valence-electron chi connectivity index (χ4n) is 3.78. The molecular formula is C17H16. The van der Waals surface area contributed by atoms with E-state index < -0.39 is 0 Å². The third-order valence-electron chi connectivity index (χ3n) is 4.52. The normalized spacial score (nSPS) is 33.3. The standard InChI is InChI=1S/C17H16/c1-11-10-14-6-2-4-12-8-9-13-5-3-7-15(11)17(13)16(12)14/h2,4,6,8-10,15-16H,1,3,5,7H2. The van der Waals surface area contributed by atoms with Crippen LogP contribution >= 0.6 is 0 Å². The molecule has 0 N–H and O–H groups in total. The lowest BCUT2D eigenvalue weighted by atomic mass is 9.62. The van der Waals surface area contributed by atoms with Crippen LogP contribution in [0.3, 0.4) is 0 Å². The fourth-order valence-corrected chi connectivity index (χ4v) is 3.78. The van der Waals surface area contributed by atoms with Crippen LogP contribution in [0, 0.1) is 11.8 Å². The van der Waals surface area contributed by atoms with Crippen LogP contribution in [0.15, 0.2) is 70.9 Å². The van der Waals surface area contributed by atoms with Gasteiger partial charge in [0.15, 0.2) is 0 Å². The van der Waals surface area contributed by atoms with Gasteiger partial charge in [-0.15, -0.1) is 0 Å². The Hall–Kier alpha value is -1.56. The molecule has 0 aromatic rings. The first kappa shape index (κ1) is 9.47. The maximum Gasteiger partial charge on any atom is 0.0310 e. The zero-order valence-electron chi connectivity index (χ0n) is 9.95. The lowest BCUT2D eigenvalue weighted by Gasteiger charge is -2.41. The van der Waals surface area contributed by atoms with Crippen molar-refractivity contribution in [1.82, 2.24) is 0 Å². The number of allylic oxidation sites excluding steroid dienone is 11. The second-order valence-electron chi connectivity index (χ2n) is 5.44. The summed E-state index contributed by atoms with van der Waals surface area (Å²) in [6, 6.07) is 0. The first-order valence-corrected chi connectivity index (χ1v) is 6.54. The number of hydrogen-bond acceptors (Lipinski definition) is 0. The summed E-state index contributed by atoms with van der Waals surface area (Å²) in [5.41, 5.74) is 7.49. The van der Waals surface area contributed by atoms with Crippen LogP contribution in [0.1, 0.15) is 19.3 Å². The van der Waals surface area contributed by atoms with Gasteiger partial charge in [0.1, 0.15) is 0 Å². The summed E-state index contributed by atoms with van der Waals surface area (Å²) in [7, 11) is 0. The van der Waals surface area contributed by atoms with Gasteiger partial charge in [0.25, 0.3) is 0 Å². The van der Waals surface area contributed by atoms with Crippen LogP contribution in [0.5, 0.6) is 0 Å². The van der Waals surface area contributed by atoms with E-state index in [9.17, 15) is 0 Å². The summed E-state index contributed by atoms with van der Waals surface area (Å²) in [5.74, 6) is 1.17. The molecule has 4 aliphatic rings. The van der Waals surface area contributed by atoms with Crippen LogP contribution in [-0.4, -0.2) is 0 Å². The zero-order chi connectivity index (χ0) is 11.4. The Labute approximate surface area is 102 Å². The van der Waals surface area contributed by atoms with Crippen molar-refractivity contribution in [2.75, 3.05) is 0 Å². The van der Waals surface area contributed by atoms with E-state index in [0.29, 0.717) is 11.8 Å². The highest BCUT2D eigenvalue weighted by Gasteiger charge is 2.37. The second kappa shape index (κ2) is 3.22. The Morgan fingerprint density at radius 2 is 2.06 bits per heavy atom. The smallest absolute Gasteiger partial charge is 0.0310 e. The molecule has 0 aromatic heterocycles. The molecular weight excluding hydrogens is 204 g/mol. The Morgan fingerprint density at radius 1 is 1.12 bits per heavy atom. The number of hydrogen-bond donors (Lipinski definition) is 0. The van der Waals surface area contributed by atoms with E-state index in [1.165, 1.54) is 36.0 Å². The highest BCUT2D eigenvalue weighted by atomic mass is 14.4. The first-order valence-electron chi connectivity index (χ1n) is 6.54. The van der Waals surface area contributed by atoms with Crippen LogP contribution < -0.4 is 0 Å². The van der Waals surface area contributed by atoms with E-state index in [2.05, 4.69) is 43.0 Å². The van der Waals surface area contributed by atoms with Crippen LogP contribution in [0.4, 0.5) is 0 Å². The Balaban J connectivity index is 2.00. The van der Waals surface area contributed by atoms with E-state index in [0.717, 1.165) is 0 Å². The van der Waals surface area contributed by atoms with Crippen molar-refractivity contribution >= 4 is 0 Å². The van der Waals surface area contributed by atoms with Gasteiger partial charge in [-0.05, 0) is 47.1 Å². The van der Waals surface area contributed by atoms with Gasteiger partial charge in [0, 0.05) is 11.8 Å². The molecule has 0 heterocycles. The predicted molar refractivity (Wildman–Crippen MR) is 71.4 cm³/mol. The van der Waals surface area contributed by atoms with Crippen LogP contribution in [0.25, 0.3) is 0 Å². The maximum absolute atomic E-state index is 4.29. The molecule has 0 nitrogen and oxygen atoms in total. The van der Waals surface area contributed by atoms with E-state index in [4.69, 9.17) is 0 Å². The predicted octanol–water partition coefficient (Wildman–Crippen LogP) is 4.26. The molecule has 0 aliphatic heterocycles. The lowest BCUT2D eigenvalue weighted by Crippen LogP contribution is -2.28. The van der Waals surface area contributed by atoms with Gasteiger partial charge in [-0.3, -0.25) is 0 Å². The number of rotatable bonds is 0. The quantitative estimate of drug-likeness (QED) is 0.572. The summed E-state index contributed by atoms with van der Waals surface area (Å²) >= 11 is 0. The molecule has 0 heteroatoms. The van der Waals surface area contributed by atoms with E-state index in [1.54, 1.807) is 11.1 Å². The summed E-state index contributed by atoms with van der Waals surface area (Å²) in [6.45, 7) is 4.29. The molecule has 0 aromatic carbocycles. The highest BCUT2D eigenvalue weighted by molar-refractivity contribution is 5.61. The average molecular weight is 220 g/mol. The molecule has 0 spiro atoms. The van der Waals surface area contributed by atoms with Gasteiger partial charge in [-0.25, -0.2) is 0 Å². The van der Waals surface area contributed by atoms with Gasteiger partial charge >= 0.3 is 0 Å². The molecule has 0 amide bonds. The molecule has 4 rings (SSSR count). The monoisotopic (exact) mass is 220 g/mol.